The highest BCUT2D eigenvalue weighted by molar-refractivity contribution is 8.13. The second-order valence-corrected chi connectivity index (χ2v) is 5.47. The van der Waals surface area contributed by atoms with Gasteiger partial charge in [-0.15, -0.1) is 0 Å². The van der Waals surface area contributed by atoms with Gasteiger partial charge >= 0.3 is 0 Å². The van der Waals surface area contributed by atoms with E-state index >= 15 is 0 Å². The van der Waals surface area contributed by atoms with Crippen molar-refractivity contribution in [3.63, 3.8) is 0 Å². The third kappa shape index (κ3) is 3.53. The van der Waals surface area contributed by atoms with Gasteiger partial charge < -0.3 is 10.2 Å². The third-order valence-corrected chi connectivity index (χ3v) is 3.71. The number of aliphatic hydroxyl groups excluding tert-OH is 2. The number of hydrogen-bond donors (Lipinski definition) is 2. The van der Waals surface area contributed by atoms with Gasteiger partial charge in [0, 0.05) is 24.3 Å². The second kappa shape index (κ2) is 6.14. The SMILES string of the molecule is CC(=O)SCC(O)C(O)c1ccc2cccnc2c1. The van der Waals surface area contributed by atoms with E-state index in [0.717, 1.165) is 22.7 Å². The Balaban J connectivity index is 2.16. The lowest BCUT2D eigenvalue weighted by Gasteiger charge is -2.17. The number of rotatable bonds is 4. The van der Waals surface area contributed by atoms with E-state index in [1.54, 1.807) is 18.3 Å². The van der Waals surface area contributed by atoms with Crippen molar-refractivity contribution in [2.45, 2.75) is 19.1 Å². The predicted octanol–water partition coefficient (Wildman–Crippen LogP) is 1.91. The molecule has 0 bridgehead atoms. The summed E-state index contributed by atoms with van der Waals surface area (Å²) in [4.78, 5) is 15.0. The zero-order valence-corrected chi connectivity index (χ0v) is 11.3. The van der Waals surface area contributed by atoms with Crippen LogP contribution in [0.2, 0.25) is 0 Å². The topological polar surface area (TPSA) is 70.4 Å². The Kier molecular flexibility index (Phi) is 4.52. The summed E-state index contributed by atoms with van der Waals surface area (Å²) in [6.45, 7) is 1.43. The Morgan fingerprint density at radius 1 is 1.37 bits per heavy atom. The Hall–Kier alpha value is -1.43. The highest BCUT2D eigenvalue weighted by Gasteiger charge is 2.19. The minimum Gasteiger partial charge on any atom is -0.389 e. The van der Waals surface area contributed by atoms with Crippen LogP contribution in [0, 0.1) is 0 Å². The standard InChI is InChI=1S/C14H15NO3S/c1-9(16)19-8-13(17)14(18)11-5-4-10-3-2-6-15-12(10)7-11/h2-7,13-14,17-18H,8H2,1H3. The smallest absolute Gasteiger partial charge is 0.185 e. The first kappa shape index (κ1) is 14.0. The zero-order chi connectivity index (χ0) is 13.8. The van der Waals surface area contributed by atoms with Crippen LogP contribution in [0.3, 0.4) is 0 Å². The lowest BCUT2D eigenvalue weighted by Crippen LogP contribution is -2.21. The lowest BCUT2D eigenvalue weighted by atomic mass is 10.0. The number of pyridine rings is 1. The second-order valence-electron chi connectivity index (χ2n) is 4.27. The maximum atomic E-state index is 10.8. The summed E-state index contributed by atoms with van der Waals surface area (Å²) < 4.78 is 0. The molecule has 0 spiro atoms. The van der Waals surface area contributed by atoms with Crippen molar-refractivity contribution < 1.29 is 15.0 Å². The van der Waals surface area contributed by atoms with Crippen molar-refractivity contribution in [3.8, 4) is 0 Å². The van der Waals surface area contributed by atoms with E-state index < -0.39 is 12.2 Å². The lowest BCUT2D eigenvalue weighted by molar-refractivity contribution is -0.109. The van der Waals surface area contributed by atoms with Gasteiger partial charge in [0.15, 0.2) is 5.12 Å². The molecule has 2 N–H and O–H groups in total. The molecule has 4 nitrogen and oxygen atoms in total. The van der Waals surface area contributed by atoms with Gasteiger partial charge in [-0.2, -0.15) is 0 Å². The zero-order valence-electron chi connectivity index (χ0n) is 10.5. The largest absolute Gasteiger partial charge is 0.389 e. The number of benzene rings is 1. The fourth-order valence-electron chi connectivity index (χ4n) is 1.78. The van der Waals surface area contributed by atoms with Gasteiger partial charge in [-0.1, -0.05) is 30.0 Å². The molecular weight excluding hydrogens is 262 g/mol. The van der Waals surface area contributed by atoms with Gasteiger partial charge in [-0.3, -0.25) is 9.78 Å². The van der Waals surface area contributed by atoms with Crippen molar-refractivity contribution in [1.29, 1.82) is 0 Å². The van der Waals surface area contributed by atoms with Gasteiger partial charge in [0.1, 0.15) is 6.10 Å². The van der Waals surface area contributed by atoms with Crippen molar-refractivity contribution >= 4 is 27.8 Å². The predicted molar refractivity (Wildman–Crippen MR) is 75.8 cm³/mol. The molecular formula is C14H15NO3S. The van der Waals surface area contributed by atoms with Crippen LogP contribution in [0.1, 0.15) is 18.6 Å². The highest BCUT2D eigenvalue weighted by Crippen LogP contribution is 2.23. The molecule has 0 amide bonds. The summed E-state index contributed by atoms with van der Waals surface area (Å²) in [6, 6.07) is 9.14. The molecule has 100 valence electrons. The molecule has 0 aliphatic rings. The molecule has 1 heterocycles. The summed E-state index contributed by atoms with van der Waals surface area (Å²) in [7, 11) is 0. The molecule has 19 heavy (non-hydrogen) atoms. The van der Waals surface area contributed by atoms with Crippen molar-refractivity contribution in [3.05, 3.63) is 42.1 Å². The van der Waals surface area contributed by atoms with Gasteiger partial charge in [-0.05, 0) is 17.7 Å². The highest BCUT2D eigenvalue weighted by atomic mass is 32.2. The number of hydrogen-bond acceptors (Lipinski definition) is 5. The molecule has 2 rings (SSSR count). The molecule has 0 aliphatic heterocycles. The van der Waals surface area contributed by atoms with Crippen molar-refractivity contribution in [2.75, 3.05) is 5.75 Å². The van der Waals surface area contributed by atoms with Crippen LogP contribution in [-0.4, -0.2) is 32.2 Å². The van der Waals surface area contributed by atoms with Crippen molar-refractivity contribution in [1.82, 2.24) is 4.98 Å². The molecule has 1 aromatic heterocycles. The fraction of sp³-hybridized carbons (Fsp3) is 0.286. The van der Waals surface area contributed by atoms with Crippen LogP contribution in [0.4, 0.5) is 0 Å². The minimum atomic E-state index is -1.02. The number of aliphatic hydroxyl groups is 2. The molecule has 0 fully saturated rings. The Morgan fingerprint density at radius 3 is 2.89 bits per heavy atom. The third-order valence-electron chi connectivity index (χ3n) is 2.79. The van der Waals surface area contributed by atoms with E-state index in [-0.39, 0.29) is 10.9 Å². The fourth-order valence-corrected chi connectivity index (χ4v) is 2.37. The average Bonchev–Trinajstić information content (AvgIpc) is 2.43. The van der Waals surface area contributed by atoms with Gasteiger partial charge in [0.05, 0.1) is 11.6 Å². The summed E-state index contributed by atoms with van der Waals surface area (Å²) in [6.07, 6.45) is -0.311. The quantitative estimate of drug-likeness (QED) is 0.893. The van der Waals surface area contributed by atoms with Gasteiger partial charge in [-0.25, -0.2) is 0 Å². The summed E-state index contributed by atoms with van der Waals surface area (Å²) in [5.41, 5.74) is 1.37. The van der Waals surface area contributed by atoms with E-state index in [1.165, 1.54) is 6.92 Å². The Labute approximate surface area is 115 Å². The number of aromatic nitrogens is 1. The number of carbonyl (C=O) groups excluding carboxylic acids is 1. The van der Waals surface area contributed by atoms with Crippen LogP contribution in [0.5, 0.6) is 0 Å². The summed E-state index contributed by atoms with van der Waals surface area (Å²) >= 11 is 1.00. The van der Waals surface area contributed by atoms with Crippen LogP contribution in [0.25, 0.3) is 10.9 Å². The van der Waals surface area contributed by atoms with E-state index in [4.69, 9.17) is 0 Å². The summed E-state index contributed by atoms with van der Waals surface area (Å²) in [5, 5.41) is 20.8. The van der Waals surface area contributed by atoms with Crippen LogP contribution >= 0.6 is 11.8 Å². The molecule has 2 atom stereocenters. The number of carbonyl (C=O) groups is 1. The first-order chi connectivity index (χ1) is 9.08. The molecule has 1 aromatic carbocycles. The first-order valence-corrected chi connectivity index (χ1v) is 6.90. The van der Waals surface area contributed by atoms with Crippen LogP contribution in [-0.2, 0) is 4.79 Å². The molecule has 0 aliphatic carbocycles. The Bertz CT molecular complexity index is 588. The Morgan fingerprint density at radius 2 is 2.16 bits per heavy atom. The number of thioether (sulfide) groups is 1. The van der Waals surface area contributed by atoms with Crippen LogP contribution < -0.4 is 0 Å². The normalized spacial score (nSPS) is 14.3. The van der Waals surface area contributed by atoms with E-state index in [9.17, 15) is 15.0 Å². The van der Waals surface area contributed by atoms with Gasteiger partial charge in [0.2, 0.25) is 0 Å². The van der Waals surface area contributed by atoms with Crippen molar-refractivity contribution in [2.24, 2.45) is 0 Å². The molecule has 2 aromatic rings. The maximum Gasteiger partial charge on any atom is 0.185 e. The molecule has 2 unspecified atom stereocenters. The minimum absolute atomic E-state index is 0.0774. The molecule has 0 saturated heterocycles. The van der Waals surface area contributed by atoms with Gasteiger partial charge in [0.25, 0.3) is 0 Å². The molecule has 0 radical (unpaired) electrons. The number of fused-ring (bicyclic) bond motifs is 1. The van der Waals surface area contributed by atoms with E-state index in [1.807, 2.05) is 18.2 Å². The average molecular weight is 277 g/mol. The monoisotopic (exact) mass is 277 g/mol. The molecule has 5 heteroatoms. The maximum absolute atomic E-state index is 10.8. The van der Waals surface area contributed by atoms with Crippen LogP contribution in [0.15, 0.2) is 36.5 Å². The number of nitrogens with zero attached hydrogens (tertiary/aromatic N) is 1. The molecule has 0 saturated carbocycles. The first-order valence-electron chi connectivity index (χ1n) is 5.92. The van der Waals surface area contributed by atoms with E-state index in [2.05, 4.69) is 4.98 Å². The van der Waals surface area contributed by atoms with E-state index in [0.29, 0.717) is 5.56 Å². The summed E-state index contributed by atoms with van der Waals surface area (Å²) in [5.74, 6) is 0.177.